The number of benzene rings is 1. The monoisotopic (exact) mass is 265 g/mol. The molecule has 0 heterocycles. The molecule has 0 saturated carbocycles. The number of carboxylic acid groups (broad SMARTS) is 1. The normalized spacial score (nSPS) is 12.2. The Kier molecular flexibility index (Phi) is 3.69. The van der Waals surface area contributed by atoms with E-state index in [0.717, 1.165) is 12.1 Å². The van der Waals surface area contributed by atoms with Crippen LogP contribution in [0, 0.1) is 10.1 Å². The molecule has 0 aliphatic heterocycles. The zero-order valence-corrected chi connectivity index (χ0v) is 9.07. The van der Waals surface area contributed by atoms with Crippen LogP contribution < -0.4 is 0 Å². The Hall–Kier alpha value is -1.37. The zero-order chi connectivity index (χ0) is 12.5. The molecule has 2 N–H and O–H groups in total. The number of nitro groups is 1. The van der Waals surface area contributed by atoms with Crippen molar-refractivity contribution in [3.05, 3.63) is 37.9 Å². The molecular weight excluding hydrogens is 261 g/mol. The molecule has 0 aliphatic rings. The number of hydrogen-bond acceptors (Lipinski definition) is 4. The summed E-state index contributed by atoms with van der Waals surface area (Å²) >= 11 is 11.1. The van der Waals surface area contributed by atoms with E-state index in [0.29, 0.717) is 0 Å². The second kappa shape index (κ2) is 4.65. The summed E-state index contributed by atoms with van der Waals surface area (Å²) in [6.45, 7) is 0. The zero-order valence-electron chi connectivity index (χ0n) is 7.55. The minimum absolute atomic E-state index is 0.00546. The molecular formula is C8H5Cl2NO5. The van der Waals surface area contributed by atoms with Crippen LogP contribution in [0.5, 0.6) is 0 Å². The minimum atomic E-state index is -2.04. The van der Waals surface area contributed by atoms with Gasteiger partial charge in [-0.2, -0.15) is 0 Å². The fourth-order valence-corrected chi connectivity index (χ4v) is 1.70. The van der Waals surface area contributed by atoms with E-state index in [2.05, 4.69) is 0 Å². The van der Waals surface area contributed by atoms with Crippen LogP contribution in [0.4, 0.5) is 5.69 Å². The molecule has 1 unspecified atom stereocenters. The Morgan fingerprint density at radius 3 is 2.44 bits per heavy atom. The van der Waals surface area contributed by atoms with Crippen LogP contribution in [-0.2, 0) is 4.79 Å². The number of carbonyl (C=O) groups is 1. The minimum Gasteiger partial charge on any atom is -0.479 e. The van der Waals surface area contributed by atoms with Crippen molar-refractivity contribution in [2.45, 2.75) is 6.10 Å². The van der Waals surface area contributed by atoms with Crippen molar-refractivity contribution < 1.29 is 19.9 Å². The maximum atomic E-state index is 10.7. The smallest absolute Gasteiger partial charge is 0.337 e. The first-order valence-electron chi connectivity index (χ1n) is 3.88. The standard InChI is InChI=1S/C8H5Cl2NO5/c9-3-1-4(7(12)8(13)14)6(11(15)16)5(10)2-3/h1-2,7,12H,(H,13,14). The van der Waals surface area contributed by atoms with E-state index in [-0.39, 0.29) is 10.0 Å². The molecule has 16 heavy (non-hydrogen) atoms. The highest BCUT2D eigenvalue weighted by Crippen LogP contribution is 2.35. The van der Waals surface area contributed by atoms with Gasteiger partial charge in [0.05, 0.1) is 10.5 Å². The van der Waals surface area contributed by atoms with Crippen LogP contribution in [0.25, 0.3) is 0 Å². The quantitative estimate of drug-likeness (QED) is 0.643. The molecule has 0 aromatic heterocycles. The van der Waals surface area contributed by atoms with Gasteiger partial charge in [-0.15, -0.1) is 0 Å². The third-order valence-electron chi connectivity index (χ3n) is 1.77. The third-order valence-corrected chi connectivity index (χ3v) is 2.28. The Morgan fingerprint density at radius 1 is 1.44 bits per heavy atom. The summed E-state index contributed by atoms with van der Waals surface area (Å²) in [5, 5.41) is 28.2. The van der Waals surface area contributed by atoms with Crippen LogP contribution in [0.3, 0.4) is 0 Å². The molecule has 0 saturated heterocycles. The molecule has 1 atom stereocenters. The van der Waals surface area contributed by atoms with Crippen LogP contribution in [0.15, 0.2) is 12.1 Å². The second-order valence-corrected chi connectivity index (χ2v) is 3.67. The molecule has 86 valence electrons. The lowest BCUT2D eigenvalue weighted by Crippen LogP contribution is -2.12. The van der Waals surface area contributed by atoms with E-state index >= 15 is 0 Å². The number of aliphatic carboxylic acids is 1. The number of nitrogens with zero attached hydrogens (tertiary/aromatic N) is 1. The number of aliphatic hydroxyl groups is 1. The largest absolute Gasteiger partial charge is 0.479 e. The van der Waals surface area contributed by atoms with Crippen molar-refractivity contribution in [1.29, 1.82) is 0 Å². The van der Waals surface area contributed by atoms with Crippen LogP contribution in [0.1, 0.15) is 11.7 Å². The number of rotatable bonds is 3. The van der Waals surface area contributed by atoms with Gasteiger partial charge in [-0.25, -0.2) is 4.79 Å². The molecule has 0 bridgehead atoms. The van der Waals surface area contributed by atoms with E-state index in [1.807, 2.05) is 0 Å². The average Bonchev–Trinajstić information content (AvgIpc) is 2.14. The van der Waals surface area contributed by atoms with Gasteiger partial charge in [-0.3, -0.25) is 10.1 Å². The molecule has 0 amide bonds. The summed E-state index contributed by atoms with van der Waals surface area (Å²) in [6, 6.07) is 2.09. The van der Waals surface area contributed by atoms with E-state index in [4.69, 9.17) is 28.3 Å². The van der Waals surface area contributed by atoms with Gasteiger partial charge in [0.1, 0.15) is 5.02 Å². The summed E-state index contributed by atoms with van der Waals surface area (Å²) in [5.74, 6) is -1.62. The van der Waals surface area contributed by atoms with Crippen LogP contribution >= 0.6 is 23.2 Å². The first-order valence-corrected chi connectivity index (χ1v) is 4.64. The van der Waals surface area contributed by atoms with E-state index in [1.165, 1.54) is 0 Å². The maximum absolute atomic E-state index is 10.7. The molecule has 1 rings (SSSR count). The fraction of sp³-hybridized carbons (Fsp3) is 0.125. The molecule has 6 nitrogen and oxygen atoms in total. The molecule has 0 aliphatic carbocycles. The Balaban J connectivity index is 3.46. The van der Waals surface area contributed by atoms with E-state index in [1.54, 1.807) is 0 Å². The van der Waals surface area contributed by atoms with Gasteiger partial charge in [0, 0.05) is 5.02 Å². The molecule has 0 spiro atoms. The molecule has 8 heteroatoms. The summed E-state index contributed by atoms with van der Waals surface area (Å²) in [7, 11) is 0. The van der Waals surface area contributed by atoms with Gasteiger partial charge in [-0.1, -0.05) is 23.2 Å². The van der Waals surface area contributed by atoms with E-state index in [9.17, 15) is 20.0 Å². The Bertz CT molecular complexity index is 462. The summed E-state index contributed by atoms with van der Waals surface area (Å²) in [5.41, 5.74) is -1.11. The number of hydrogen-bond donors (Lipinski definition) is 2. The Morgan fingerprint density at radius 2 is 2.00 bits per heavy atom. The van der Waals surface area contributed by atoms with Gasteiger partial charge in [-0.05, 0) is 12.1 Å². The first kappa shape index (κ1) is 12.7. The predicted molar refractivity (Wildman–Crippen MR) is 55.7 cm³/mol. The summed E-state index contributed by atoms with van der Waals surface area (Å²) in [4.78, 5) is 20.3. The van der Waals surface area contributed by atoms with Crippen molar-refractivity contribution >= 4 is 34.9 Å². The van der Waals surface area contributed by atoms with Crippen molar-refractivity contribution in [2.24, 2.45) is 0 Å². The number of carboxylic acids is 1. The lowest BCUT2D eigenvalue weighted by atomic mass is 10.1. The maximum Gasteiger partial charge on any atom is 0.337 e. The SMILES string of the molecule is O=C(O)C(O)c1cc(Cl)cc(Cl)c1[N+](=O)[O-]. The molecule has 1 aromatic rings. The van der Waals surface area contributed by atoms with Gasteiger partial charge in [0.2, 0.25) is 0 Å². The van der Waals surface area contributed by atoms with Gasteiger partial charge in [0.15, 0.2) is 6.10 Å². The molecule has 0 fully saturated rings. The van der Waals surface area contributed by atoms with Crippen molar-refractivity contribution in [3.63, 3.8) is 0 Å². The number of nitro benzene ring substituents is 1. The number of halogens is 2. The van der Waals surface area contributed by atoms with Gasteiger partial charge < -0.3 is 10.2 Å². The Labute approximate surface area is 99.2 Å². The van der Waals surface area contributed by atoms with Crippen molar-refractivity contribution in [2.75, 3.05) is 0 Å². The van der Waals surface area contributed by atoms with Gasteiger partial charge in [0.25, 0.3) is 5.69 Å². The fourth-order valence-electron chi connectivity index (χ4n) is 1.12. The first-order chi connectivity index (χ1) is 7.34. The second-order valence-electron chi connectivity index (χ2n) is 2.82. The highest BCUT2D eigenvalue weighted by molar-refractivity contribution is 6.36. The highest BCUT2D eigenvalue weighted by atomic mass is 35.5. The molecule has 0 radical (unpaired) electrons. The summed E-state index contributed by atoms with van der Waals surface area (Å²) < 4.78 is 0. The average molecular weight is 266 g/mol. The van der Waals surface area contributed by atoms with Gasteiger partial charge >= 0.3 is 5.97 Å². The lowest BCUT2D eigenvalue weighted by molar-refractivity contribution is -0.385. The third kappa shape index (κ3) is 2.41. The summed E-state index contributed by atoms with van der Waals surface area (Å²) in [6.07, 6.45) is -2.04. The van der Waals surface area contributed by atoms with Crippen LogP contribution in [-0.4, -0.2) is 21.1 Å². The van der Waals surface area contributed by atoms with Crippen molar-refractivity contribution in [3.8, 4) is 0 Å². The molecule has 1 aromatic carbocycles. The van der Waals surface area contributed by atoms with Crippen LogP contribution in [0.2, 0.25) is 10.0 Å². The van der Waals surface area contributed by atoms with Crippen molar-refractivity contribution in [1.82, 2.24) is 0 Å². The topological polar surface area (TPSA) is 101 Å². The number of aliphatic hydroxyl groups excluding tert-OH is 1. The van der Waals surface area contributed by atoms with E-state index < -0.39 is 28.2 Å². The lowest BCUT2D eigenvalue weighted by Gasteiger charge is -2.08. The highest BCUT2D eigenvalue weighted by Gasteiger charge is 2.29. The predicted octanol–water partition coefficient (Wildman–Crippen LogP) is 2.02.